The minimum Gasteiger partial charge on any atom is -0.352 e. The lowest BCUT2D eigenvalue weighted by atomic mass is 9.88. The molecule has 0 saturated heterocycles. The van der Waals surface area contributed by atoms with Gasteiger partial charge < -0.3 is 11.1 Å². The molecule has 1 unspecified atom stereocenters. The first-order valence-corrected chi connectivity index (χ1v) is 8.03. The van der Waals surface area contributed by atoms with Crippen molar-refractivity contribution in [2.24, 2.45) is 17.6 Å². The number of carbonyl (C=O) groups excluding carboxylic acids is 1. The minimum absolute atomic E-state index is 0.121. The van der Waals surface area contributed by atoms with E-state index in [9.17, 15) is 4.79 Å². The van der Waals surface area contributed by atoms with Gasteiger partial charge in [0.05, 0.1) is 0 Å². The quantitative estimate of drug-likeness (QED) is 0.761. The summed E-state index contributed by atoms with van der Waals surface area (Å²) in [6, 6.07) is 7.99. The first kappa shape index (κ1) is 17.2. The first-order chi connectivity index (χ1) is 9.52. The SMILES string of the molecule is CC(C)C(CCN)CCC(=O)NCc1ccc(Br)cc1. The molecule has 0 aliphatic heterocycles. The molecule has 0 fully saturated rings. The highest BCUT2D eigenvalue weighted by atomic mass is 79.9. The van der Waals surface area contributed by atoms with Crippen LogP contribution in [0.4, 0.5) is 0 Å². The fourth-order valence-corrected chi connectivity index (χ4v) is 2.50. The van der Waals surface area contributed by atoms with E-state index in [2.05, 4.69) is 35.1 Å². The molecule has 20 heavy (non-hydrogen) atoms. The lowest BCUT2D eigenvalue weighted by Crippen LogP contribution is -2.24. The number of carbonyl (C=O) groups is 1. The van der Waals surface area contributed by atoms with E-state index in [1.165, 1.54) is 0 Å². The smallest absolute Gasteiger partial charge is 0.220 e. The van der Waals surface area contributed by atoms with Gasteiger partial charge in [0.1, 0.15) is 0 Å². The summed E-state index contributed by atoms with van der Waals surface area (Å²) in [7, 11) is 0. The predicted molar refractivity (Wildman–Crippen MR) is 87.2 cm³/mol. The van der Waals surface area contributed by atoms with Gasteiger partial charge >= 0.3 is 0 Å². The van der Waals surface area contributed by atoms with E-state index in [0.29, 0.717) is 31.3 Å². The number of amides is 1. The Bertz CT molecular complexity index is 403. The van der Waals surface area contributed by atoms with Gasteiger partial charge in [-0.05, 0) is 48.9 Å². The van der Waals surface area contributed by atoms with Gasteiger partial charge in [0.25, 0.3) is 0 Å². The Morgan fingerprint density at radius 2 is 1.90 bits per heavy atom. The van der Waals surface area contributed by atoms with Crippen LogP contribution in [0.3, 0.4) is 0 Å². The monoisotopic (exact) mass is 340 g/mol. The average molecular weight is 341 g/mol. The van der Waals surface area contributed by atoms with Crippen molar-refractivity contribution in [2.45, 2.75) is 39.7 Å². The van der Waals surface area contributed by atoms with Crippen molar-refractivity contribution in [1.82, 2.24) is 5.32 Å². The Kier molecular flexibility index (Phi) is 7.85. The summed E-state index contributed by atoms with van der Waals surface area (Å²) in [4.78, 5) is 11.9. The highest BCUT2D eigenvalue weighted by Crippen LogP contribution is 2.20. The Balaban J connectivity index is 2.31. The van der Waals surface area contributed by atoms with Gasteiger partial charge in [-0.2, -0.15) is 0 Å². The van der Waals surface area contributed by atoms with E-state index in [1.54, 1.807) is 0 Å². The second-order valence-corrected chi connectivity index (χ2v) is 6.44. The molecule has 0 bridgehead atoms. The van der Waals surface area contributed by atoms with Crippen LogP contribution in [0.2, 0.25) is 0 Å². The highest BCUT2D eigenvalue weighted by molar-refractivity contribution is 9.10. The van der Waals surface area contributed by atoms with Crippen LogP contribution in [0.15, 0.2) is 28.7 Å². The van der Waals surface area contributed by atoms with Crippen molar-refractivity contribution in [3.63, 3.8) is 0 Å². The van der Waals surface area contributed by atoms with E-state index in [-0.39, 0.29) is 5.91 Å². The molecule has 0 saturated carbocycles. The zero-order valence-corrected chi connectivity index (χ0v) is 13.9. The van der Waals surface area contributed by atoms with Crippen molar-refractivity contribution in [2.75, 3.05) is 6.54 Å². The van der Waals surface area contributed by atoms with Gasteiger partial charge in [0.15, 0.2) is 0 Å². The van der Waals surface area contributed by atoms with Gasteiger partial charge in [-0.25, -0.2) is 0 Å². The summed E-state index contributed by atoms with van der Waals surface area (Å²) in [5, 5.41) is 2.97. The summed E-state index contributed by atoms with van der Waals surface area (Å²) in [6.07, 6.45) is 2.50. The Morgan fingerprint density at radius 3 is 2.45 bits per heavy atom. The Morgan fingerprint density at radius 1 is 1.25 bits per heavy atom. The van der Waals surface area contributed by atoms with E-state index in [0.717, 1.165) is 22.9 Å². The summed E-state index contributed by atoms with van der Waals surface area (Å²) in [6.45, 7) is 5.68. The van der Waals surface area contributed by atoms with E-state index in [1.807, 2.05) is 24.3 Å². The van der Waals surface area contributed by atoms with Crippen LogP contribution in [-0.2, 0) is 11.3 Å². The van der Waals surface area contributed by atoms with Crippen molar-refractivity contribution >= 4 is 21.8 Å². The summed E-state index contributed by atoms with van der Waals surface area (Å²) in [5.41, 5.74) is 6.73. The Hall–Kier alpha value is -0.870. The number of benzene rings is 1. The predicted octanol–water partition coefficient (Wildman–Crippen LogP) is 3.47. The number of hydrogen-bond donors (Lipinski definition) is 2. The van der Waals surface area contributed by atoms with Crippen molar-refractivity contribution in [3.05, 3.63) is 34.3 Å². The summed E-state index contributed by atoms with van der Waals surface area (Å²) >= 11 is 3.40. The minimum atomic E-state index is 0.121. The molecule has 1 amide bonds. The third kappa shape index (κ3) is 6.53. The number of nitrogens with one attached hydrogen (secondary N) is 1. The number of rotatable bonds is 8. The molecule has 0 aliphatic rings. The molecule has 1 rings (SSSR count). The Labute approximate surface area is 130 Å². The number of hydrogen-bond acceptors (Lipinski definition) is 2. The molecule has 4 heteroatoms. The zero-order valence-electron chi connectivity index (χ0n) is 12.4. The standard InChI is InChI=1S/C16H25BrN2O/c1-12(2)14(9-10-18)5-8-16(20)19-11-13-3-6-15(17)7-4-13/h3-4,6-7,12,14H,5,8-11,18H2,1-2H3,(H,19,20). The molecule has 3 nitrogen and oxygen atoms in total. The van der Waals surface area contributed by atoms with Crippen LogP contribution in [0.1, 0.15) is 38.7 Å². The van der Waals surface area contributed by atoms with E-state index >= 15 is 0 Å². The maximum absolute atomic E-state index is 11.9. The van der Waals surface area contributed by atoms with Crippen LogP contribution >= 0.6 is 15.9 Å². The molecule has 1 aromatic rings. The fourth-order valence-electron chi connectivity index (χ4n) is 2.23. The normalized spacial score (nSPS) is 12.4. The first-order valence-electron chi connectivity index (χ1n) is 7.24. The second kappa shape index (κ2) is 9.14. The third-order valence-electron chi connectivity index (χ3n) is 3.63. The molecule has 0 heterocycles. The molecule has 0 spiro atoms. The van der Waals surface area contributed by atoms with Gasteiger partial charge in [-0.1, -0.05) is 41.9 Å². The summed E-state index contributed by atoms with van der Waals surface area (Å²) in [5.74, 6) is 1.24. The molecule has 0 radical (unpaired) electrons. The molecule has 1 aromatic carbocycles. The summed E-state index contributed by atoms with van der Waals surface area (Å²) < 4.78 is 1.05. The molecular weight excluding hydrogens is 316 g/mol. The lowest BCUT2D eigenvalue weighted by Gasteiger charge is -2.19. The van der Waals surface area contributed by atoms with Gasteiger partial charge in [-0.3, -0.25) is 4.79 Å². The molecule has 0 aromatic heterocycles. The fraction of sp³-hybridized carbons (Fsp3) is 0.562. The van der Waals surface area contributed by atoms with Crippen LogP contribution < -0.4 is 11.1 Å². The average Bonchev–Trinajstić information content (AvgIpc) is 2.42. The van der Waals surface area contributed by atoms with Crippen LogP contribution in [0, 0.1) is 11.8 Å². The van der Waals surface area contributed by atoms with Crippen molar-refractivity contribution < 1.29 is 4.79 Å². The highest BCUT2D eigenvalue weighted by Gasteiger charge is 2.14. The van der Waals surface area contributed by atoms with Gasteiger partial charge in [0, 0.05) is 17.4 Å². The molecule has 112 valence electrons. The maximum atomic E-state index is 11.9. The van der Waals surface area contributed by atoms with Crippen LogP contribution in [0.25, 0.3) is 0 Å². The molecule has 0 aliphatic carbocycles. The van der Waals surface area contributed by atoms with Gasteiger partial charge in [-0.15, -0.1) is 0 Å². The lowest BCUT2D eigenvalue weighted by molar-refractivity contribution is -0.121. The van der Waals surface area contributed by atoms with Crippen LogP contribution in [0.5, 0.6) is 0 Å². The van der Waals surface area contributed by atoms with Gasteiger partial charge in [0.2, 0.25) is 5.91 Å². The van der Waals surface area contributed by atoms with Crippen molar-refractivity contribution in [3.8, 4) is 0 Å². The zero-order chi connectivity index (χ0) is 15.0. The number of nitrogens with two attached hydrogens (primary N) is 1. The largest absolute Gasteiger partial charge is 0.352 e. The maximum Gasteiger partial charge on any atom is 0.220 e. The van der Waals surface area contributed by atoms with E-state index < -0.39 is 0 Å². The molecule has 1 atom stereocenters. The van der Waals surface area contributed by atoms with Crippen LogP contribution in [-0.4, -0.2) is 12.5 Å². The number of halogens is 1. The van der Waals surface area contributed by atoms with Crippen molar-refractivity contribution in [1.29, 1.82) is 0 Å². The van der Waals surface area contributed by atoms with E-state index in [4.69, 9.17) is 5.73 Å². The third-order valence-corrected chi connectivity index (χ3v) is 4.15. The molecular formula is C16H25BrN2O. The second-order valence-electron chi connectivity index (χ2n) is 5.52. The molecule has 3 N–H and O–H groups in total. The topological polar surface area (TPSA) is 55.1 Å².